The molecular weight excluding hydrogens is 451 g/mol. The van der Waals surface area contributed by atoms with E-state index in [1.165, 1.54) is 23.9 Å². The van der Waals surface area contributed by atoms with Gasteiger partial charge in [0.15, 0.2) is 0 Å². The number of esters is 1. The van der Waals surface area contributed by atoms with E-state index < -0.39 is 24.1 Å². The molecule has 0 saturated carbocycles. The summed E-state index contributed by atoms with van der Waals surface area (Å²) >= 11 is 0. The number of aryl methyl sites for hydroxylation is 1. The Morgan fingerprint density at radius 3 is 2.56 bits per heavy atom. The number of alkyl halides is 3. The minimum absolute atomic E-state index is 0.183. The zero-order valence-corrected chi connectivity index (χ0v) is 18.9. The third-order valence-corrected chi connectivity index (χ3v) is 5.03. The molecule has 7 nitrogen and oxygen atoms in total. The van der Waals surface area contributed by atoms with Gasteiger partial charge in [0.2, 0.25) is 0 Å². The minimum atomic E-state index is -4.96. The van der Waals surface area contributed by atoms with Crippen molar-refractivity contribution in [1.29, 1.82) is 0 Å². The number of ether oxygens (including phenoxy) is 1. The highest BCUT2D eigenvalue weighted by Crippen LogP contribution is 2.23. The maximum atomic E-state index is 12.9. The van der Waals surface area contributed by atoms with Crippen LogP contribution in [0.25, 0.3) is 0 Å². The monoisotopic (exact) mass is 479 g/mol. The maximum absolute atomic E-state index is 12.9. The van der Waals surface area contributed by atoms with Crippen molar-refractivity contribution in [3.63, 3.8) is 0 Å². The van der Waals surface area contributed by atoms with E-state index in [1.807, 2.05) is 30.3 Å². The first-order chi connectivity index (χ1) is 16.3. The Morgan fingerprint density at radius 2 is 1.97 bits per heavy atom. The number of amides is 1. The van der Waals surface area contributed by atoms with Gasteiger partial charge in [-0.1, -0.05) is 30.3 Å². The first kappa shape index (κ1) is 27.0. The van der Waals surface area contributed by atoms with Crippen LogP contribution in [0.2, 0.25) is 0 Å². The van der Waals surface area contributed by atoms with Crippen LogP contribution in [0.15, 0.2) is 48.7 Å². The van der Waals surface area contributed by atoms with Crippen molar-refractivity contribution in [2.75, 3.05) is 19.7 Å². The molecule has 2 heterocycles. The van der Waals surface area contributed by atoms with E-state index in [1.54, 1.807) is 6.92 Å². The molecule has 34 heavy (non-hydrogen) atoms. The minimum Gasteiger partial charge on any atom is -0.462 e. The highest BCUT2D eigenvalue weighted by molar-refractivity contribution is 5.89. The molecule has 1 aromatic carbocycles. The first-order valence-corrected chi connectivity index (χ1v) is 10.9. The molecule has 1 fully saturated rings. The summed E-state index contributed by atoms with van der Waals surface area (Å²) in [6, 6.07) is 12.2. The predicted molar refractivity (Wildman–Crippen MR) is 119 cm³/mol. The van der Waals surface area contributed by atoms with Crippen LogP contribution in [0.5, 0.6) is 0 Å². The van der Waals surface area contributed by atoms with E-state index in [0.29, 0.717) is 25.9 Å². The molecule has 0 aliphatic carbocycles. The second-order valence-corrected chi connectivity index (χ2v) is 7.52. The number of pyridine rings is 1. The molecule has 1 amide bonds. The molecule has 0 bridgehead atoms. The van der Waals surface area contributed by atoms with E-state index >= 15 is 0 Å². The Kier molecular flexibility index (Phi) is 10.7. The van der Waals surface area contributed by atoms with Gasteiger partial charge >= 0.3 is 18.1 Å². The third kappa shape index (κ3) is 8.58. The summed E-state index contributed by atoms with van der Waals surface area (Å²) < 4.78 is 43.4. The second-order valence-electron chi connectivity index (χ2n) is 7.52. The lowest BCUT2D eigenvalue weighted by atomic mass is 10.1. The first-order valence-electron chi connectivity index (χ1n) is 10.9. The van der Waals surface area contributed by atoms with Crippen LogP contribution in [0.4, 0.5) is 13.2 Å². The van der Waals surface area contributed by atoms with E-state index in [-0.39, 0.29) is 24.4 Å². The van der Waals surface area contributed by atoms with Gasteiger partial charge in [-0.3, -0.25) is 9.78 Å². The number of nitrogens with one attached hydrogen (secondary N) is 1. The number of carbonyl (C=O) groups excluding carboxylic acids is 3. The Hall–Kier alpha value is -3.27. The molecule has 1 saturated heterocycles. The molecule has 1 atom stereocenters. The molecule has 0 unspecified atom stereocenters. The fraction of sp³-hybridized carbons (Fsp3) is 0.417. The van der Waals surface area contributed by atoms with E-state index in [9.17, 15) is 27.6 Å². The van der Waals surface area contributed by atoms with Gasteiger partial charge in [-0.15, -0.1) is 0 Å². The summed E-state index contributed by atoms with van der Waals surface area (Å²) in [6.45, 7) is 2.35. The molecule has 0 radical (unpaired) electrons. The highest BCUT2D eigenvalue weighted by Gasteiger charge is 2.45. The molecule has 1 N–H and O–H groups in total. The normalized spacial score (nSPS) is 15.1. The Balaban J connectivity index is 0.000000340. The number of aldehydes is 1. The predicted octanol–water partition coefficient (Wildman–Crippen LogP) is 3.33. The number of rotatable bonds is 8. The standard InChI is InChI=1S/C15H18F3N3O3.C9H10O/c1-2-24-13(22)10-3-6-20-11(7-10)9-21(12-4-5-19-8-12)14(23)15(16,17)18;10-8-4-7-9-5-2-1-3-6-9/h3,6-7,12,19H,2,4-5,8-9H2,1H3;1-3,5-6,8H,4,7H2/t12-;/m1./s1. The fourth-order valence-corrected chi connectivity index (χ4v) is 3.39. The summed E-state index contributed by atoms with van der Waals surface area (Å²) in [5, 5.41) is 2.94. The molecule has 1 aliphatic rings. The average Bonchev–Trinajstić information content (AvgIpc) is 3.36. The van der Waals surface area contributed by atoms with Gasteiger partial charge < -0.3 is 19.7 Å². The molecular formula is C24H28F3N3O4. The van der Waals surface area contributed by atoms with E-state index in [0.717, 1.165) is 17.6 Å². The number of hydrogen-bond donors (Lipinski definition) is 1. The average molecular weight is 479 g/mol. The Bertz CT molecular complexity index is 933. The maximum Gasteiger partial charge on any atom is 0.471 e. The lowest BCUT2D eigenvalue weighted by Gasteiger charge is -2.29. The van der Waals surface area contributed by atoms with E-state index in [4.69, 9.17) is 4.74 Å². The van der Waals surface area contributed by atoms with Gasteiger partial charge in [0.25, 0.3) is 0 Å². The van der Waals surface area contributed by atoms with Crippen LogP contribution in [0.3, 0.4) is 0 Å². The molecule has 3 rings (SSSR count). The van der Waals surface area contributed by atoms with Crippen molar-refractivity contribution >= 4 is 18.2 Å². The van der Waals surface area contributed by atoms with Crippen LogP contribution >= 0.6 is 0 Å². The van der Waals surface area contributed by atoms with E-state index in [2.05, 4.69) is 10.3 Å². The number of halogens is 3. The van der Waals surface area contributed by atoms with Gasteiger partial charge in [0.05, 0.1) is 24.4 Å². The molecule has 2 aromatic rings. The zero-order valence-electron chi connectivity index (χ0n) is 18.9. The van der Waals surface area contributed by atoms with Crippen molar-refractivity contribution in [2.24, 2.45) is 0 Å². The molecule has 10 heteroatoms. The fourth-order valence-electron chi connectivity index (χ4n) is 3.39. The molecule has 1 aliphatic heterocycles. The van der Waals surface area contributed by atoms with Crippen LogP contribution in [0, 0.1) is 0 Å². The summed E-state index contributed by atoms with van der Waals surface area (Å²) in [7, 11) is 0. The number of aromatic nitrogens is 1. The van der Waals surface area contributed by atoms with Crippen molar-refractivity contribution in [1.82, 2.24) is 15.2 Å². The number of benzene rings is 1. The summed E-state index contributed by atoms with van der Waals surface area (Å²) in [4.78, 5) is 38.2. The summed E-state index contributed by atoms with van der Waals surface area (Å²) in [5.74, 6) is -2.49. The van der Waals surface area contributed by atoms with Crippen molar-refractivity contribution in [3.8, 4) is 0 Å². The Morgan fingerprint density at radius 1 is 1.24 bits per heavy atom. The SMILES string of the molecule is CCOC(=O)c1ccnc(CN(C(=O)C(F)(F)F)[C@@H]2CCNC2)c1.O=CCCc1ccccc1. The Labute approximate surface area is 196 Å². The summed E-state index contributed by atoms with van der Waals surface area (Å²) in [5.41, 5.74) is 1.62. The zero-order chi connectivity index (χ0) is 25.0. The van der Waals surface area contributed by atoms with Crippen LogP contribution < -0.4 is 5.32 Å². The lowest BCUT2D eigenvalue weighted by Crippen LogP contribution is -2.47. The van der Waals surface area contributed by atoms with Gasteiger partial charge in [-0.25, -0.2) is 4.79 Å². The van der Waals surface area contributed by atoms with Crippen LogP contribution in [0.1, 0.15) is 41.4 Å². The molecule has 1 aromatic heterocycles. The second kappa shape index (κ2) is 13.4. The van der Waals surface area contributed by atoms with Crippen molar-refractivity contribution < 1.29 is 32.3 Å². The summed E-state index contributed by atoms with van der Waals surface area (Å²) in [6.07, 6.45) is -0.771. The third-order valence-electron chi connectivity index (χ3n) is 5.03. The van der Waals surface area contributed by atoms with Gasteiger partial charge in [-0.2, -0.15) is 13.2 Å². The van der Waals surface area contributed by atoms with Crippen molar-refractivity contribution in [3.05, 3.63) is 65.5 Å². The molecule has 184 valence electrons. The highest BCUT2D eigenvalue weighted by atomic mass is 19.4. The molecule has 0 spiro atoms. The van der Waals surface area contributed by atoms with Crippen LogP contribution in [-0.4, -0.2) is 60.0 Å². The van der Waals surface area contributed by atoms with Crippen molar-refractivity contribution in [2.45, 2.75) is 44.9 Å². The largest absolute Gasteiger partial charge is 0.471 e. The van der Waals surface area contributed by atoms with Gasteiger partial charge in [0, 0.05) is 25.2 Å². The quantitative estimate of drug-likeness (QED) is 0.462. The number of hydrogen-bond acceptors (Lipinski definition) is 6. The van der Waals surface area contributed by atoms with Gasteiger partial charge in [-0.05, 0) is 44.0 Å². The number of nitrogens with zero attached hydrogens (tertiary/aromatic N) is 2. The lowest BCUT2D eigenvalue weighted by molar-refractivity contribution is -0.188. The topological polar surface area (TPSA) is 88.6 Å². The van der Waals surface area contributed by atoms with Gasteiger partial charge in [0.1, 0.15) is 6.29 Å². The number of carbonyl (C=O) groups is 3. The van der Waals surface area contributed by atoms with Crippen LogP contribution in [-0.2, 0) is 27.3 Å². The smallest absolute Gasteiger partial charge is 0.462 e.